The van der Waals surface area contributed by atoms with Crippen molar-refractivity contribution < 1.29 is 14.3 Å². The standard InChI is InChI=1S/C9H7FN4O2/c10-8-2-1-6(3-11-8)4-14-5-7(9(15)16)12-13-14/h1-3,5H,4H2,(H,15,16). The van der Waals surface area contributed by atoms with E-state index in [0.717, 1.165) is 0 Å². The van der Waals surface area contributed by atoms with E-state index in [0.29, 0.717) is 12.1 Å². The van der Waals surface area contributed by atoms with Crippen LogP contribution in [0.1, 0.15) is 16.1 Å². The Morgan fingerprint density at radius 3 is 2.88 bits per heavy atom. The summed E-state index contributed by atoms with van der Waals surface area (Å²) in [5.41, 5.74) is 0.582. The average Bonchev–Trinajstić information content (AvgIpc) is 2.70. The number of aromatic carboxylic acids is 1. The Hall–Kier alpha value is -2.31. The molecule has 0 bridgehead atoms. The van der Waals surface area contributed by atoms with Crippen molar-refractivity contribution in [2.45, 2.75) is 6.54 Å². The van der Waals surface area contributed by atoms with Crippen molar-refractivity contribution in [1.29, 1.82) is 0 Å². The lowest BCUT2D eigenvalue weighted by atomic mass is 10.3. The third-order valence-electron chi connectivity index (χ3n) is 1.89. The number of halogens is 1. The number of rotatable bonds is 3. The largest absolute Gasteiger partial charge is 0.476 e. The lowest BCUT2D eigenvalue weighted by molar-refractivity contribution is 0.0690. The van der Waals surface area contributed by atoms with E-state index in [4.69, 9.17) is 5.11 Å². The Balaban J connectivity index is 2.14. The van der Waals surface area contributed by atoms with Crippen molar-refractivity contribution >= 4 is 5.97 Å². The zero-order chi connectivity index (χ0) is 11.5. The Morgan fingerprint density at radius 1 is 1.50 bits per heavy atom. The molecule has 0 radical (unpaired) electrons. The lowest BCUT2D eigenvalue weighted by Crippen LogP contribution is -2.01. The average molecular weight is 222 g/mol. The minimum atomic E-state index is -1.14. The topological polar surface area (TPSA) is 80.9 Å². The normalized spacial score (nSPS) is 10.3. The third-order valence-corrected chi connectivity index (χ3v) is 1.89. The summed E-state index contributed by atoms with van der Waals surface area (Å²) in [6.07, 6.45) is 2.66. The summed E-state index contributed by atoms with van der Waals surface area (Å²) in [7, 11) is 0. The zero-order valence-corrected chi connectivity index (χ0v) is 8.04. The number of hydrogen-bond acceptors (Lipinski definition) is 4. The first kappa shape index (κ1) is 10.2. The molecule has 7 heteroatoms. The molecular weight excluding hydrogens is 215 g/mol. The molecule has 1 N–H and O–H groups in total. The molecule has 0 saturated heterocycles. The molecule has 2 aromatic heterocycles. The second-order valence-corrected chi connectivity index (χ2v) is 3.10. The van der Waals surface area contributed by atoms with E-state index < -0.39 is 11.9 Å². The highest BCUT2D eigenvalue weighted by atomic mass is 19.1. The van der Waals surface area contributed by atoms with Crippen LogP contribution in [0.5, 0.6) is 0 Å². The minimum absolute atomic E-state index is 0.130. The van der Waals surface area contributed by atoms with Gasteiger partial charge in [0.15, 0.2) is 5.69 Å². The number of carboxylic acids is 1. The first-order valence-electron chi connectivity index (χ1n) is 4.39. The van der Waals surface area contributed by atoms with E-state index in [1.54, 1.807) is 6.07 Å². The van der Waals surface area contributed by atoms with Crippen LogP contribution in [0.2, 0.25) is 0 Å². The molecule has 2 heterocycles. The molecule has 0 aliphatic rings. The van der Waals surface area contributed by atoms with Crippen LogP contribution in [0.15, 0.2) is 24.5 Å². The van der Waals surface area contributed by atoms with Gasteiger partial charge in [-0.2, -0.15) is 4.39 Å². The van der Waals surface area contributed by atoms with Gasteiger partial charge in [0, 0.05) is 6.20 Å². The maximum atomic E-state index is 12.5. The van der Waals surface area contributed by atoms with Crippen molar-refractivity contribution in [3.63, 3.8) is 0 Å². The van der Waals surface area contributed by atoms with Gasteiger partial charge in [-0.15, -0.1) is 5.10 Å². The molecule has 0 amide bonds. The number of pyridine rings is 1. The van der Waals surface area contributed by atoms with Crippen molar-refractivity contribution in [3.05, 3.63) is 41.7 Å². The van der Waals surface area contributed by atoms with E-state index >= 15 is 0 Å². The first-order chi connectivity index (χ1) is 7.65. The molecule has 0 unspecified atom stereocenters. The molecule has 2 aromatic rings. The van der Waals surface area contributed by atoms with Gasteiger partial charge in [-0.05, 0) is 11.6 Å². The third kappa shape index (κ3) is 2.19. The van der Waals surface area contributed by atoms with Crippen molar-refractivity contribution in [3.8, 4) is 0 Å². The Bertz CT molecular complexity index is 508. The van der Waals surface area contributed by atoms with Gasteiger partial charge in [-0.25, -0.2) is 14.5 Å². The summed E-state index contributed by atoms with van der Waals surface area (Å²) in [5.74, 6) is -1.70. The zero-order valence-electron chi connectivity index (χ0n) is 8.04. The molecular formula is C9H7FN4O2. The summed E-state index contributed by atoms with van der Waals surface area (Å²) in [5, 5.41) is 15.7. The number of hydrogen-bond donors (Lipinski definition) is 1. The van der Waals surface area contributed by atoms with Crippen molar-refractivity contribution in [2.24, 2.45) is 0 Å². The van der Waals surface area contributed by atoms with Crippen LogP contribution in [0.25, 0.3) is 0 Å². The summed E-state index contributed by atoms with van der Waals surface area (Å²) < 4.78 is 13.9. The van der Waals surface area contributed by atoms with Crippen molar-refractivity contribution in [2.75, 3.05) is 0 Å². The number of nitrogens with zero attached hydrogens (tertiary/aromatic N) is 4. The molecule has 0 fully saturated rings. The number of aromatic nitrogens is 4. The highest BCUT2D eigenvalue weighted by molar-refractivity contribution is 5.84. The predicted octanol–water partition coefficient (Wildman–Crippen LogP) is 0.559. The number of carbonyl (C=O) groups is 1. The maximum absolute atomic E-state index is 12.5. The first-order valence-corrected chi connectivity index (χ1v) is 4.39. The van der Waals surface area contributed by atoms with Gasteiger partial charge >= 0.3 is 5.97 Å². The van der Waals surface area contributed by atoms with Crippen LogP contribution in [0.4, 0.5) is 4.39 Å². The fraction of sp³-hybridized carbons (Fsp3) is 0.111. The fourth-order valence-electron chi connectivity index (χ4n) is 1.16. The van der Waals surface area contributed by atoms with Crippen LogP contribution in [0, 0.1) is 5.95 Å². The monoisotopic (exact) mass is 222 g/mol. The molecule has 6 nitrogen and oxygen atoms in total. The molecule has 16 heavy (non-hydrogen) atoms. The van der Waals surface area contributed by atoms with Gasteiger partial charge in [0.25, 0.3) is 0 Å². The Labute approximate surface area is 89.4 Å². The van der Waals surface area contributed by atoms with Crippen LogP contribution in [-0.2, 0) is 6.54 Å². The molecule has 2 rings (SSSR count). The lowest BCUT2D eigenvalue weighted by Gasteiger charge is -1.99. The fourth-order valence-corrected chi connectivity index (χ4v) is 1.16. The van der Waals surface area contributed by atoms with Gasteiger partial charge in [-0.3, -0.25) is 0 Å². The molecule has 0 aromatic carbocycles. The van der Waals surface area contributed by atoms with Crippen LogP contribution in [-0.4, -0.2) is 31.1 Å². The molecule has 82 valence electrons. The van der Waals surface area contributed by atoms with Crippen LogP contribution in [0.3, 0.4) is 0 Å². The van der Waals surface area contributed by atoms with Gasteiger partial charge in [0.1, 0.15) is 0 Å². The minimum Gasteiger partial charge on any atom is -0.476 e. The summed E-state index contributed by atoms with van der Waals surface area (Å²) in [6, 6.07) is 2.77. The van der Waals surface area contributed by atoms with E-state index in [1.165, 1.54) is 23.1 Å². The van der Waals surface area contributed by atoms with E-state index in [1.807, 2.05) is 0 Å². The number of carboxylic acid groups (broad SMARTS) is 1. The van der Waals surface area contributed by atoms with Crippen LogP contribution < -0.4 is 0 Å². The summed E-state index contributed by atoms with van der Waals surface area (Å²) >= 11 is 0. The second kappa shape index (κ2) is 4.05. The Morgan fingerprint density at radius 2 is 2.31 bits per heavy atom. The van der Waals surface area contributed by atoms with Gasteiger partial charge < -0.3 is 5.11 Å². The molecule has 0 saturated carbocycles. The van der Waals surface area contributed by atoms with E-state index in [2.05, 4.69) is 15.3 Å². The molecule has 0 aliphatic carbocycles. The van der Waals surface area contributed by atoms with Gasteiger partial charge in [0.05, 0.1) is 12.7 Å². The SMILES string of the molecule is O=C(O)c1cn(Cc2ccc(F)nc2)nn1. The molecule has 0 spiro atoms. The van der Waals surface area contributed by atoms with Gasteiger partial charge in [-0.1, -0.05) is 11.3 Å². The second-order valence-electron chi connectivity index (χ2n) is 3.10. The van der Waals surface area contributed by atoms with Crippen molar-refractivity contribution in [1.82, 2.24) is 20.0 Å². The molecule has 0 aliphatic heterocycles. The summed E-state index contributed by atoms with van der Waals surface area (Å²) in [4.78, 5) is 14.0. The van der Waals surface area contributed by atoms with E-state index in [-0.39, 0.29) is 5.69 Å². The van der Waals surface area contributed by atoms with Gasteiger partial charge in [0.2, 0.25) is 5.95 Å². The smallest absolute Gasteiger partial charge is 0.358 e. The quantitative estimate of drug-likeness (QED) is 0.767. The Kier molecular flexibility index (Phi) is 2.59. The predicted molar refractivity (Wildman–Crippen MR) is 50.3 cm³/mol. The highest BCUT2D eigenvalue weighted by Gasteiger charge is 2.08. The van der Waals surface area contributed by atoms with E-state index in [9.17, 15) is 9.18 Å². The highest BCUT2D eigenvalue weighted by Crippen LogP contribution is 2.02. The maximum Gasteiger partial charge on any atom is 0.358 e. The summed E-state index contributed by atoms with van der Waals surface area (Å²) in [6.45, 7) is 0.299. The molecule has 0 atom stereocenters. The van der Waals surface area contributed by atoms with Crippen LogP contribution >= 0.6 is 0 Å².